The third-order valence-electron chi connectivity index (χ3n) is 8.63. The van der Waals surface area contributed by atoms with Gasteiger partial charge in [-0.05, 0) is 49.9 Å². The molecular weight excluding hydrogens is 353 g/mol. The molecule has 5 nitrogen and oxygen atoms in total. The summed E-state index contributed by atoms with van der Waals surface area (Å²) < 4.78 is 5.67. The smallest absolute Gasteiger partial charge is 0.224 e. The van der Waals surface area contributed by atoms with Gasteiger partial charge in [0.2, 0.25) is 5.91 Å². The van der Waals surface area contributed by atoms with Gasteiger partial charge in [0.05, 0.1) is 25.3 Å². The number of nitrogens with one attached hydrogen (secondary N) is 1. The third kappa shape index (κ3) is 2.11. The molecule has 1 heterocycles. The van der Waals surface area contributed by atoms with Crippen molar-refractivity contribution in [3.8, 4) is 0 Å². The van der Waals surface area contributed by atoms with Crippen molar-refractivity contribution < 1.29 is 19.4 Å². The minimum Gasteiger partial charge on any atom is -0.389 e. The highest BCUT2D eigenvalue weighted by atomic mass is 16.5. The number of carbonyl (C=O) groups excluding carboxylic acids is 2. The molecular formula is C22H28BNO4. The van der Waals surface area contributed by atoms with Crippen molar-refractivity contribution >= 4 is 19.5 Å². The second-order valence-electron chi connectivity index (χ2n) is 9.73. The predicted molar refractivity (Wildman–Crippen MR) is 105 cm³/mol. The predicted octanol–water partition coefficient (Wildman–Crippen LogP) is 1.57. The maximum atomic E-state index is 13.5. The summed E-state index contributed by atoms with van der Waals surface area (Å²) in [5.41, 5.74) is 1.24. The fourth-order valence-electron chi connectivity index (χ4n) is 7.40. The van der Waals surface area contributed by atoms with E-state index in [1.54, 1.807) is 0 Å². The highest BCUT2D eigenvalue weighted by molar-refractivity contribution is 6.08. The molecule has 1 saturated heterocycles. The topological polar surface area (TPSA) is 75.6 Å². The number of rotatable bonds is 3. The SMILES string of the molecule is [B]CCNC(=O)[C@H]1C2C(=C[C@H]3OCC(=O)[C@]2(C)[C@H]3O)[C@@H]2CC[C@@H]3C[C@@]21CC3=C. The third-order valence-corrected chi connectivity index (χ3v) is 8.63. The molecule has 6 heteroatoms. The number of ether oxygens (including phenoxy) is 1. The lowest BCUT2D eigenvalue weighted by atomic mass is 9.57. The Hall–Kier alpha value is -1.40. The molecule has 1 spiro atoms. The number of hydrogen-bond donors (Lipinski definition) is 2. The van der Waals surface area contributed by atoms with Gasteiger partial charge in [-0.2, -0.15) is 0 Å². The number of hydrogen-bond acceptors (Lipinski definition) is 4. The minimum atomic E-state index is -0.983. The van der Waals surface area contributed by atoms with E-state index >= 15 is 0 Å². The lowest BCUT2D eigenvalue weighted by Crippen LogP contribution is -2.61. The molecule has 5 aliphatic rings. The van der Waals surface area contributed by atoms with Crippen molar-refractivity contribution in [1.82, 2.24) is 5.32 Å². The Morgan fingerprint density at radius 1 is 1.46 bits per heavy atom. The normalized spacial score (nSPS) is 48.7. The average Bonchev–Trinajstić information content (AvgIpc) is 3.09. The Bertz CT molecular complexity index is 793. The van der Waals surface area contributed by atoms with Crippen LogP contribution in [0.1, 0.15) is 32.6 Å². The number of aliphatic hydroxyl groups excluding tert-OH is 1. The Morgan fingerprint density at radius 2 is 2.25 bits per heavy atom. The molecule has 28 heavy (non-hydrogen) atoms. The zero-order valence-corrected chi connectivity index (χ0v) is 16.4. The first-order valence-electron chi connectivity index (χ1n) is 10.5. The van der Waals surface area contributed by atoms with Gasteiger partial charge in [-0.25, -0.2) is 0 Å². The zero-order chi connectivity index (χ0) is 19.8. The van der Waals surface area contributed by atoms with Crippen LogP contribution in [0.3, 0.4) is 0 Å². The maximum Gasteiger partial charge on any atom is 0.224 e. The van der Waals surface area contributed by atoms with Crippen LogP contribution in [0, 0.1) is 34.5 Å². The van der Waals surface area contributed by atoms with E-state index in [2.05, 4.69) is 11.9 Å². The van der Waals surface area contributed by atoms with Crippen LogP contribution < -0.4 is 5.32 Å². The van der Waals surface area contributed by atoms with Gasteiger partial charge in [0, 0.05) is 12.5 Å². The summed E-state index contributed by atoms with van der Waals surface area (Å²) in [4.78, 5) is 26.5. The lowest BCUT2D eigenvalue weighted by molar-refractivity contribution is -0.177. The Kier molecular flexibility index (Phi) is 4.03. The van der Waals surface area contributed by atoms with Crippen molar-refractivity contribution in [1.29, 1.82) is 0 Å². The Balaban J connectivity index is 1.68. The van der Waals surface area contributed by atoms with E-state index in [-0.39, 0.29) is 41.5 Å². The number of ketones is 1. The van der Waals surface area contributed by atoms with Crippen LogP contribution in [0.15, 0.2) is 23.8 Å². The molecule has 148 valence electrons. The summed E-state index contributed by atoms with van der Waals surface area (Å²) >= 11 is 0. The van der Waals surface area contributed by atoms with Crippen LogP contribution in [0.25, 0.3) is 0 Å². The molecule has 1 amide bonds. The van der Waals surface area contributed by atoms with Gasteiger partial charge < -0.3 is 15.2 Å². The largest absolute Gasteiger partial charge is 0.389 e. The van der Waals surface area contributed by atoms with Crippen molar-refractivity contribution in [2.45, 2.75) is 51.1 Å². The van der Waals surface area contributed by atoms with Gasteiger partial charge >= 0.3 is 0 Å². The van der Waals surface area contributed by atoms with Crippen LogP contribution in [-0.4, -0.2) is 50.0 Å². The quantitative estimate of drug-likeness (QED) is 0.575. The van der Waals surface area contributed by atoms with E-state index in [1.807, 2.05) is 13.0 Å². The number of fused-ring (bicyclic) bond motifs is 6. The van der Waals surface area contributed by atoms with Crippen LogP contribution in [0.2, 0.25) is 6.32 Å². The second kappa shape index (κ2) is 6.05. The van der Waals surface area contributed by atoms with E-state index in [0.717, 1.165) is 25.7 Å². The van der Waals surface area contributed by atoms with Crippen molar-refractivity contribution in [2.75, 3.05) is 13.2 Å². The molecule has 0 aromatic rings. The van der Waals surface area contributed by atoms with Crippen molar-refractivity contribution in [2.24, 2.45) is 34.5 Å². The highest BCUT2D eigenvalue weighted by Gasteiger charge is 2.71. The molecule has 8 atom stereocenters. The number of carbonyl (C=O) groups is 2. The van der Waals surface area contributed by atoms with Gasteiger partial charge in [-0.3, -0.25) is 9.59 Å². The summed E-state index contributed by atoms with van der Waals surface area (Å²) in [6.45, 7) is 6.60. The first-order valence-corrected chi connectivity index (χ1v) is 10.5. The molecule has 2 radical (unpaired) electrons. The summed E-state index contributed by atoms with van der Waals surface area (Å²) in [5, 5.41) is 14.0. The lowest BCUT2D eigenvalue weighted by Gasteiger charge is -2.50. The molecule has 4 bridgehead atoms. The molecule has 0 aromatic heterocycles. The summed E-state index contributed by atoms with van der Waals surface area (Å²) in [5.74, 6) is -0.00356. The van der Waals surface area contributed by atoms with E-state index < -0.39 is 17.6 Å². The molecule has 4 fully saturated rings. The summed E-state index contributed by atoms with van der Waals surface area (Å²) in [6, 6.07) is 0. The molecule has 0 aromatic carbocycles. The van der Waals surface area contributed by atoms with E-state index in [1.165, 1.54) is 11.1 Å². The zero-order valence-electron chi connectivity index (χ0n) is 16.4. The first kappa shape index (κ1) is 18.6. The van der Waals surface area contributed by atoms with Gasteiger partial charge in [0.25, 0.3) is 0 Å². The van der Waals surface area contributed by atoms with Gasteiger partial charge in [-0.1, -0.05) is 30.1 Å². The molecule has 3 saturated carbocycles. The molecule has 2 N–H and O–H groups in total. The first-order chi connectivity index (χ1) is 13.3. The fourth-order valence-corrected chi connectivity index (χ4v) is 7.40. The Morgan fingerprint density at radius 3 is 3.00 bits per heavy atom. The number of allylic oxidation sites excluding steroid dienone is 2. The number of amides is 1. The Labute approximate surface area is 167 Å². The molecule has 1 aliphatic heterocycles. The molecule has 4 aliphatic carbocycles. The van der Waals surface area contributed by atoms with E-state index in [4.69, 9.17) is 12.6 Å². The molecule has 5 rings (SSSR count). The van der Waals surface area contributed by atoms with Gasteiger partial charge in [0.15, 0.2) is 5.78 Å². The molecule has 1 unspecified atom stereocenters. The van der Waals surface area contributed by atoms with Crippen LogP contribution in [0.4, 0.5) is 0 Å². The van der Waals surface area contributed by atoms with Gasteiger partial charge in [-0.15, -0.1) is 0 Å². The van der Waals surface area contributed by atoms with Crippen LogP contribution >= 0.6 is 0 Å². The van der Waals surface area contributed by atoms with Crippen molar-refractivity contribution in [3.63, 3.8) is 0 Å². The van der Waals surface area contributed by atoms with Crippen LogP contribution in [-0.2, 0) is 14.3 Å². The summed E-state index contributed by atoms with van der Waals surface area (Å²) in [7, 11) is 5.63. The minimum absolute atomic E-state index is 0.00262. The van der Waals surface area contributed by atoms with Gasteiger partial charge in [0.1, 0.15) is 12.7 Å². The fraction of sp³-hybridized carbons (Fsp3) is 0.727. The van der Waals surface area contributed by atoms with E-state index in [9.17, 15) is 14.7 Å². The summed E-state index contributed by atoms with van der Waals surface area (Å²) in [6.07, 6.45) is 4.95. The standard InChI is InChI=1S/C22H28BNO4/c1-11-8-22-9-12(11)3-4-14(22)13-7-15-19(26)21(2,16(25)10-28-15)17(13)18(22)20(27)24-6-5-23/h7,12,14-15,17-19,26H,1,3-6,8-10H2,2H3,(H,24,27)/t12-,14+,15-,17?,18-,19+,21+,22+/m1/s1. The van der Waals surface area contributed by atoms with Crippen LogP contribution in [0.5, 0.6) is 0 Å². The maximum absolute atomic E-state index is 13.5. The highest BCUT2D eigenvalue weighted by Crippen LogP contribution is 2.72. The number of Topliss-reactive ketones (excluding diaryl/α,β-unsaturated/α-hetero) is 1. The second-order valence-corrected chi connectivity index (χ2v) is 9.73. The van der Waals surface area contributed by atoms with E-state index in [0.29, 0.717) is 18.8 Å². The average molecular weight is 381 g/mol. The number of aliphatic hydroxyl groups is 1. The monoisotopic (exact) mass is 381 g/mol. The van der Waals surface area contributed by atoms with Crippen molar-refractivity contribution in [3.05, 3.63) is 23.8 Å².